The highest BCUT2D eigenvalue weighted by Gasteiger charge is 2.47. The Morgan fingerprint density at radius 2 is 1.66 bits per heavy atom. The second-order valence-corrected chi connectivity index (χ2v) is 13.0. The van der Waals surface area contributed by atoms with Crippen LogP contribution in [-0.4, -0.2) is 41.1 Å². The average molecular weight is 653 g/mol. The summed E-state index contributed by atoms with van der Waals surface area (Å²) in [6.45, 7) is 10.0. The molecule has 6 rings (SSSR count). The number of fused-ring (bicyclic) bond motifs is 2. The maximum atomic E-state index is 13.7. The van der Waals surface area contributed by atoms with Crippen LogP contribution in [0, 0.1) is 17.7 Å². The second-order valence-electron chi connectivity index (χ2n) is 13.0. The van der Waals surface area contributed by atoms with E-state index in [0.717, 1.165) is 49.0 Å². The molecule has 2 unspecified atom stereocenters. The number of nitrogens with one attached hydrogen (secondary N) is 1. The van der Waals surface area contributed by atoms with Gasteiger partial charge in [-0.1, -0.05) is 12.1 Å². The SMILES string of the molecule is CCOc1cc(C[NH+]2CC[C@H]3C(CC(=O)c4ccc5c(c4)nc(C(F)(F)F)n5C(C)C)CC[C@H]32)cc(OCC)c1-c1ccc(F)cc1. The molecule has 1 aliphatic carbocycles. The monoisotopic (exact) mass is 652 g/mol. The van der Waals surface area contributed by atoms with Crippen molar-refractivity contribution in [3.63, 3.8) is 0 Å². The largest absolute Gasteiger partial charge is 0.493 e. The maximum Gasteiger partial charge on any atom is 0.449 e. The predicted molar refractivity (Wildman–Crippen MR) is 172 cm³/mol. The summed E-state index contributed by atoms with van der Waals surface area (Å²) in [7, 11) is 0. The molecule has 47 heavy (non-hydrogen) atoms. The minimum absolute atomic E-state index is 0.0438. The molecule has 0 spiro atoms. The second kappa shape index (κ2) is 13.3. The maximum absolute atomic E-state index is 13.7. The first-order valence-electron chi connectivity index (χ1n) is 16.6. The third-order valence-corrected chi connectivity index (χ3v) is 9.81. The van der Waals surface area contributed by atoms with Crippen molar-refractivity contribution in [2.75, 3.05) is 19.8 Å². The summed E-state index contributed by atoms with van der Waals surface area (Å²) in [5.41, 5.74) is 3.74. The first-order chi connectivity index (χ1) is 22.5. The van der Waals surface area contributed by atoms with Crippen molar-refractivity contribution in [3.8, 4) is 22.6 Å². The molecule has 6 nitrogen and oxygen atoms in total. The van der Waals surface area contributed by atoms with Crippen LogP contribution in [0.3, 0.4) is 0 Å². The molecule has 1 saturated heterocycles. The van der Waals surface area contributed by atoms with Crippen molar-refractivity contribution < 1.29 is 36.7 Å². The number of hydrogen-bond donors (Lipinski definition) is 1. The number of alkyl halides is 3. The van der Waals surface area contributed by atoms with Crippen molar-refractivity contribution in [1.82, 2.24) is 9.55 Å². The van der Waals surface area contributed by atoms with Gasteiger partial charge in [0.15, 0.2) is 5.78 Å². The summed E-state index contributed by atoms with van der Waals surface area (Å²) in [4.78, 5) is 18.9. The molecule has 2 fully saturated rings. The van der Waals surface area contributed by atoms with E-state index in [2.05, 4.69) is 17.1 Å². The van der Waals surface area contributed by atoms with Crippen LogP contribution in [-0.2, 0) is 12.7 Å². The van der Waals surface area contributed by atoms with E-state index in [1.807, 2.05) is 13.8 Å². The highest BCUT2D eigenvalue weighted by molar-refractivity contribution is 5.99. The van der Waals surface area contributed by atoms with Gasteiger partial charge >= 0.3 is 6.18 Å². The van der Waals surface area contributed by atoms with E-state index in [1.165, 1.54) is 27.7 Å². The van der Waals surface area contributed by atoms with Gasteiger partial charge in [0.2, 0.25) is 5.82 Å². The number of carbonyl (C=O) groups is 1. The molecule has 3 aromatic carbocycles. The fourth-order valence-electron chi connectivity index (χ4n) is 7.90. The molecule has 10 heteroatoms. The molecule has 4 aromatic rings. The smallest absolute Gasteiger partial charge is 0.449 e. The van der Waals surface area contributed by atoms with Crippen LogP contribution in [0.25, 0.3) is 22.2 Å². The summed E-state index contributed by atoms with van der Waals surface area (Å²) in [5, 5.41) is 0. The zero-order valence-corrected chi connectivity index (χ0v) is 27.3. The van der Waals surface area contributed by atoms with E-state index in [-0.39, 0.29) is 23.0 Å². The van der Waals surface area contributed by atoms with Crippen LogP contribution >= 0.6 is 0 Å². The molecule has 1 aliphatic heterocycles. The van der Waals surface area contributed by atoms with E-state index in [9.17, 15) is 22.4 Å². The Bertz CT molecular complexity index is 1720. The van der Waals surface area contributed by atoms with Crippen molar-refractivity contribution in [3.05, 3.63) is 77.4 Å². The molecular formula is C37H42F4N3O3+. The Labute approximate surface area is 272 Å². The Hall–Kier alpha value is -3.92. The van der Waals surface area contributed by atoms with Crippen LogP contribution in [0.5, 0.6) is 11.5 Å². The van der Waals surface area contributed by atoms with Crippen molar-refractivity contribution in [2.24, 2.45) is 11.8 Å². The molecule has 0 radical (unpaired) electrons. The number of ketones is 1. The van der Waals surface area contributed by atoms with Crippen molar-refractivity contribution >= 4 is 16.8 Å². The van der Waals surface area contributed by atoms with E-state index in [1.54, 1.807) is 38.1 Å². The van der Waals surface area contributed by atoms with E-state index >= 15 is 0 Å². The molecule has 1 N–H and O–H groups in total. The number of carbonyl (C=O) groups excluding carboxylic acids is 1. The van der Waals surface area contributed by atoms with Crippen molar-refractivity contribution in [2.45, 2.75) is 78.2 Å². The molecule has 0 amide bonds. The van der Waals surface area contributed by atoms with E-state index < -0.39 is 18.0 Å². The zero-order valence-electron chi connectivity index (χ0n) is 27.3. The van der Waals surface area contributed by atoms with Gasteiger partial charge < -0.3 is 18.9 Å². The third kappa shape index (κ3) is 6.62. The molecule has 1 saturated carbocycles. The van der Waals surface area contributed by atoms with Gasteiger partial charge in [0.25, 0.3) is 0 Å². The van der Waals surface area contributed by atoms with Gasteiger partial charge in [-0.25, -0.2) is 9.37 Å². The van der Waals surface area contributed by atoms with Crippen LogP contribution in [0.2, 0.25) is 0 Å². The number of benzene rings is 3. The molecular weight excluding hydrogens is 610 g/mol. The summed E-state index contributed by atoms with van der Waals surface area (Å²) in [6, 6.07) is 15.3. The minimum Gasteiger partial charge on any atom is -0.493 e. The molecule has 1 aromatic heterocycles. The number of aromatic nitrogens is 2. The third-order valence-electron chi connectivity index (χ3n) is 9.81. The van der Waals surface area contributed by atoms with Crippen molar-refractivity contribution in [1.29, 1.82) is 0 Å². The number of halogens is 4. The minimum atomic E-state index is -4.58. The number of likely N-dealkylation sites (tertiary alicyclic amines) is 1. The first-order valence-corrected chi connectivity index (χ1v) is 16.6. The van der Waals surface area contributed by atoms with E-state index in [0.29, 0.717) is 54.2 Å². The standard InChI is InChI=1S/C37H41F4N3O3/c1-5-46-33-17-23(18-34(47-6-2)35(33)24-7-11-27(38)12-8-24)21-43-16-15-28-25(9-13-30(28)43)20-32(45)26-10-14-31-29(19-26)42-36(37(39,40)41)44(31)22(3)4/h7-8,10-12,14,17-19,22,25,28,30H,5-6,9,13,15-16,20-21H2,1-4H3/p+1/t25?,28-,30+/m0/s1. The number of Topliss-reactive ketones (excluding diaryl/α,β-unsaturated/α-hetero) is 1. The van der Waals surface area contributed by atoms with Crippen LogP contribution < -0.4 is 14.4 Å². The van der Waals surface area contributed by atoms with Gasteiger partial charge in [0.05, 0.1) is 42.4 Å². The number of quaternary nitrogens is 1. The predicted octanol–water partition coefficient (Wildman–Crippen LogP) is 7.70. The van der Waals surface area contributed by atoms with Gasteiger partial charge in [-0.2, -0.15) is 13.2 Å². The van der Waals surface area contributed by atoms with Crippen LogP contribution in [0.15, 0.2) is 54.6 Å². The zero-order chi connectivity index (χ0) is 33.5. The topological polar surface area (TPSA) is 57.8 Å². The number of imidazole rings is 1. The summed E-state index contributed by atoms with van der Waals surface area (Å²) >= 11 is 0. The summed E-state index contributed by atoms with van der Waals surface area (Å²) in [6.07, 6.45) is -1.20. The lowest BCUT2D eigenvalue weighted by Crippen LogP contribution is -3.12. The molecule has 4 atom stereocenters. The fraction of sp³-hybridized carbons (Fsp3) is 0.459. The summed E-state index contributed by atoms with van der Waals surface area (Å²) in [5.74, 6) is 0.781. The molecule has 250 valence electrons. The highest BCUT2D eigenvalue weighted by atomic mass is 19.4. The Morgan fingerprint density at radius 1 is 0.979 bits per heavy atom. The van der Waals surface area contributed by atoms with Gasteiger partial charge in [-0.3, -0.25) is 4.79 Å². The Kier molecular flexibility index (Phi) is 9.34. The van der Waals surface area contributed by atoms with Crippen LogP contribution in [0.4, 0.5) is 17.6 Å². The Morgan fingerprint density at radius 3 is 2.28 bits per heavy atom. The van der Waals surface area contributed by atoms with Gasteiger partial charge in [0.1, 0.15) is 23.9 Å². The average Bonchev–Trinajstić information content (AvgIpc) is 3.73. The quantitative estimate of drug-likeness (QED) is 0.133. The summed E-state index contributed by atoms with van der Waals surface area (Å²) < 4.78 is 68.2. The first kappa shape index (κ1) is 33.0. The molecule has 2 aliphatic rings. The number of nitrogens with zero attached hydrogens (tertiary/aromatic N) is 2. The number of ether oxygens (including phenoxy) is 2. The lowest BCUT2D eigenvalue weighted by atomic mass is 9.87. The molecule has 2 heterocycles. The molecule has 0 bridgehead atoms. The normalized spacial score (nSPS) is 21.0. The van der Waals surface area contributed by atoms with Gasteiger partial charge in [-0.15, -0.1) is 0 Å². The lowest BCUT2D eigenvalue weighted by molar-refractivity contribution is -0.927. The number of hydrogen-bond acceptors (Lipinski definition) is 4. The van der Waals surface area contributed by atoms with E-state index in [4.69, 9.17) is 9.47 Å². The lowest BCUT2D eigenvalue weighted by Gasteiger charge is -2.23. The van der Waals surface area contributed by atoms with Gasteiger partial charge in [-0.05, 0) is 94.5 Å². The van der Waals surface area contributed by atoms with Crippen LogP contribution in [0.1, 0.15) is 81.2 Å². The fourth-order valence-corrected chi connectivity index (χ4v) is 7.90. The van der Waals surface area contributed by atoms with Gasteiger partial charge in [0, 0.05) is 35.9 Å². The number of rotatable bonds is 11. The highest BCUT2D eigenvalue weighted by Crippen LogP contribution is 2.42. The Balaban J connectivity index is 1.18.